The van der Waals surface area contributed by atoms with E-state index in [1.165, 1.54) is 36.5 Å². The number of nitrogens with zero attached hydrogens (tertiary/aromatic N) is 3. The third-order valence-corrected chi connectivity index (χ3v) is 4.90. The number of rotatable bonds is 5. The van der Waals surface area contributed by atoms with Gasteiger partial charge in [0.2, 0.25) is 0 Å². The second kappa shape index (κ2) is 8.35. The van der Waals surface area contributed by atoms with Crippen molar-refractivity contribution in [2.75, 3.05) is 13.1 Å². The van der Waals surface area contributed by atoms with Crippen LogP contribution in [-0.2, 0) is 4.79 Å². The van der Waals surface area contributed by atoms with Crippen LogP contribution in [0.5, 0.6) is 0 Å². The van der Waals surface area contributed by atoms with Crippen LogP contribution >= 0.6 is 11.6 Å². The molecule has 1 atom stereocenters. The fourth-order valence-corrected chi connectivity index (χ4v) is 3.42. The molecule has 1 fully saturated rings. The number of carbonyl (C=O) groups excluding carboxylic acids is 2. The lowest BCUT2D eigenvalue weighted by molar-refractivity contribution is -0.384. The van der Waals surface area contributed by atoms with Gasteiger partial charge in [-0.05, 0) is 25.3 Å². The first-order valence-electron chi connectivity index (χ1n) is 8.83. The van der Waals surface area contributed by atoms with Crippen molar-refractivity contribution in [2.45, 2.75) is 25.3 Å². The van der Waals surface area contributed by atoms with Gasteiger partial charge in [0, 0.05) is 43.0 Å². The van der Waals surface area contributed by atoms with Crippen LogP contribution in [-0.4, -0.2) is 39.2 Å². The Morgan fingerprint density at radius 3 is 2.50 bits per heavy atom. The van der Waals surface area contributed by atoms with Crippen molar-refractivity contribution in [1.29, 1.82) is 0 Å². The second-order valence-corrected chi connectivity index (χ2v) is 6.99. The first-order chi connectivity index (χ1) is 13.4. The van der Waals surface area contributed by atoms with Gasteiger partial charge < -0.3 is 4.90 Å². The van der Waals surface area contributed by atoms with Crippen LogP contribution < -0.4 is 5.56 Å². The van der Waals surface area contributed by atoms with E-state index < -0.39 is 28.2 Å². The van der Waals surface area contributed by atoms with Crippen molar-refractivity contribution in [3.63, 3.8) is 0 Å². The Kier molecular flexibility index (Phi) is 5.89. The summed E-state index contributed by atoms with van der Waals surface area (Å²) in [4.78, 5) is 50.7. The molecule has 0 N–H and O–H groups in total. The standard InChI is InChI=1S/C19H18ClN3O5/c20-14-7-8-16(24)22(12-14)17(19(26)21-9-2-1-3-10-21)18(25)13-5-4-6-15(11-13)23(27)28/h4-8,11-12,17H,1-3,9-10H2. The molecule has 1 aromatic carbocycles. The van der Waals surface area contributed by atoms with Crippen molar-refractivity contribution < 1.29 is 14.5 Å². The van der Waals surface area contributed by atoms with Crippen molar-refractivity contribution in [3.05, 3.63) is 73.6 Å². The van der Waals surface area contributed by atoms with E-state index >= 15 is 0 Å². The van der Waals surface area contributed by atoms with E-state index in [1.807, 2.05) is 0 Å². The molecule has 1 aliphatic heterocycles. The summed E-state index contributed by atoms with van der Waals surface area (Å²) in [5.41, 5.74) is -0.844. The van der Waals surface area contributed by atoms with Crippen LogP contribution in [0.15, 0.2) is 47.4 Å². The van der Waals surface area contributed by atoms with Crippen LogP contribution in [0, 0.1) is 10.1 Å². The fourth-order valence-electron chi connectivity index (χ4n) is 3.25. The highest BCUT2D eigenvalue weighted by Gasteiger charge is 2.34. The molecule has 2 heterocycles. The number of amides is 1. The van der Waals surface area contributed by atoms with E-state index in [-0.39, 0.29) is 16.3 Å². The van der Waals surface area contributed by atoms with E-state index in [1.54, 1.807) is 4.90 Å². The topological polar surface area (TPSA) is 103 Å². The Morgan fingerprint density at radius 1 is 1.11 bits per heavy atom. The summed E-state index contributed by atoms with van der Waals surface area (Å²) in [5.74, 6) is -1.20. The summed E-state index contributed by atoms with van der Waals surface area (Å²) < 4.78 is 1.00. The average Bonchev–Trinajstić information content (AvgIpc) is 2.71. The van der Waals surface area contributed by atoms with Crippen molar-refractivity contribution in [1.82, 2.24) is 9.47 Å². The van der Waals surface area contributed by atoms with Crippen LogP contribution in [0.3, 0.4) is 0 Å². The number of non-ortho nitro benzene ring substituents is 1. The van der Waals surface area contributed by atoms with Gasteiger partial charge in [-0.1, -0.05) is 23.7 Å². The Hall–Kier alpha value is -3.00. The molecule has 0 radical (unpaired) electrons. The fraction of sp³-hybridized carbons (Fsp3) is 0.316. The number of carbonyl (C=O) groups is 2. The van der Waals surface area contributed by atoms with Gasteiger partial charge in [-0.2, -0.15) is 0 Å². The molecule has 1 amide bonds. The Labute approximate surface area is 165 Å². The summed E-state index contributed by atoms with van der Waals surface area (Å²) in [5, 5.41) is 11.2. The Bertz CT molecular complexity index is 982. The number of nitro groups is 1. The minimum Gasteiger partial charge on any atom is -0.340 e. The van der Waals surface area contributed by atoms with Gasteiger partial charge in [-0.15, -0.1) is 0 Å². The molecule has 3 rings (SSSR count). The molecule has 0 spiro atoms. The summed E-state index contributed by atoms with van der Waals surface area (Å²) >= 11 is 5.98. The van der Waals surface area contributed by atoms with Crippen LogP contribution in [0.2, 0.25) is 5.02 Å². The highest BCUT2D eigenvalue weighted by molar-refractivity contribution is 6.30. The number of piperidine rings is 1. The number of benzene rings is 1. The number of aromatic nitrogens is 1. The summed E-state index contributed by atoms with van der Waals surface area (Å²) in [7, 11) is 0. The number of halogens is 1. The molecule has 9 heteroatoms. The number of likely N-dealkylation sites (tertiary alicyclic amines) is 1. The monoisotopic (exact) mass is 403 g/mol. The van der Waals surface area contributed by atoms with Gasteiger partial charge in [0.15, 0.2) is 11.8 Å². The first-order valence-corrected chi connectivity index (χ1v) is 9.21. The quantitative estimate of drug-likeness (QED) is 0.330. The molecule has 1 aliphatic rings. The highest BCUT2D eigenvalue weighted by atomic mass is 35.5. The number of Topliss-reactive ketones (excluding diaryl/α,β-unsaturated/α-hetero) is 1. The van der Waals surface area contributed by atoms with Gasteiger partial charge in [-0.25, -0.2) is 0 Å². The molecule has 1 saturated heterocycles. The molecule has 0 saturated carbocycles. The Balaban J connectivity index is 2.07. The highest BCUT2D eigenvalue weighted by Crippen LogP contribution is 2.23. The minimum atomic E-state index is -1.47. The Morgan fingerprint density at radius 2 is 1.82 bits per heavy atom. The summed E-state index contributed by atoms with van der Waals surface area (Å²) in [6.45, 7) is 0.986. The van der Waals surface area contributed by atoms with E-state index in [2.05, 4.69) is 0 Å². The molecule has 8 nitrogen and oxygen atoms in total. The SMILES string of the molecule is O=C(c1cccc([N+](=O)[O-])c1)C(C(=O)N1CCCCC1)n1cc(Cl)ccc1=O. The third-order valence-electron chi connectivity index (χ3n) is 4.67. The van der Waals surface area contributed by atoms with Gasteiger partial charge in [0.1, 0.15) is 0 Å². The van der Waals surface area contributed by atoms with Crippen molar-refractivity contribution >= 4 is 29.0 Å². The molecule has 1 unspecified atom stereocenters. The zero-order valence-electron chi connectivity index (χ0n) is 14.9. The third kappa shape index (κ3) is 4.12. The second-order valence-electron chi connectivity index (χ2n) is 6.55. The summed E-state index contributed by atoms with van der Waals surface area (Å²) in [6.07, 6.45) is 3.86. The van der Waals surface area contributed by atoms with Gasteiger partial charge in [-0.3, -0.25) is 29.1 Å². The minimum absolute atomic E-state index is 0.0172. The van der Waals surface area contributed by atoms with Crippen molar-refractivity contribution in [2.24, 2.45) is 0 Å². The first kappa shape index (κ1) is 19.8. The molecule has 1 aromatic heterocycles. The lowest BCUT2D eigenvalue weighted by Gasteiger charge is -2.30. The molecule has 0 aliphatic carbocycles. The van der Waals surface area contributed by atoms with Crippen LogP contribution in [0.1, 0.15) is 35.7 Å². The van der Waals surface area contributed by atoms with Gasteiger partial charge >= 0.3 is 0 Å². The molecular weight excluding hydrogens is 386 g/mol. The zero-order valence-corrected chi connectivity index (χ0v) is 15.7. The predicted octanol–water partition coefficient (Wildman–Crippen LogP) is 2.85. The number of nitro benzene ring substituents is 1. The number of pyridine rings is 1. The smallest absolute Gasteiger partial charge is 0.270 e. The van der Waals surface area contributed by atoms with Gasteiger partial charge in [0.05, 0.1) is 9.95 Å². The van der Waals surface area contributed by atoms with Gasteiger partial charge in [0.25, 0.3) is 17.2 Å². The molecule has 146 valence electrons. The van der Waals surface area contributed by atoms with Crippen LogP contribution in [0.25, 0.3) is 0 Å². The average molecular weight is 404 g/mol. The van der Waals surface area contributed by atoms with E-state index in [0.29, 0.717) is 13.1 Å². The van der Waals surface area contributed by atoms with Crippen molar-refractivity contribution in [3.8, 4) is 0 Å². The number of hydrogen-bond donors (Lipinski definition) is 0. The molecule has 28 heavy (non-hydrogen) atoms. The van der Waals surface area contributed by atoms with E-state index in [4.69, 9.17) is 11.6 Å². The zero-order chi connectivity index (χ0) is 20.3. The molecular formula is C19H18ClN3O5. The van der Waals surface area contributed by atoms with Crippen LogP contribution in [0.4, 0.5) is 5.69 Å². The van der Waals surface area contributed by atoms with E-state index in [9.17, 15) is 24.5 Å². The molecule has 0 bridgehead atoms. The lowest BCUT2D eigenvalue weighted by atomic mass is 10.0. The number of ketones is 1. The lowest BCUT2D eigenvalue weighted by Crippen LogP contribution is -2.45. The maximum Gasteiger partial charge on any atom is 0.270 e. The maximum atomic E-state index is 13.2. The predicted molar refractivity (Wildman–Crippen MR) is 103 cm³/mol. The largest absolute Gasteiger partial charge is 0.340 e. The van der Waals surface area contributed by atoms with E-state index in [0.717, 1.165) is 29.9 Å². The number of hydrogen-bond acceptors (Lipinski definition) is 5. The maximum absolute atomic E-state index is 13.2. The normalized spacial score (nSPS) is 15.1. The molecule has 2 aromatic rings. The summed E-state index contributed by atoms with van der Waals surface area (Å²) in [6, 6.07) is 6.21.